The molecule has 2 aromatic rings. The van der Waals surface area contributed by atoms with E-state index in [1.165, 1.54) is 0 Å². The van der Waals surface area contributed by atoms with Gasteiger partial charge < -0.3 is 10.1 Å². The van der Waals surface area contributed by atoms with Crippen LogP contribution in [0, 0.1) is 11.3 Å². The van der Waals surface area contributed by atoms with E-state index in [0.29, 0.717) is 27.8 Å². The number of aliphatic hydroxyl groups is 1. The third kappa shape index (κ3) is 2.37. The molecule has 0 amide bonds. The number of aliphatic hydroxyl groups excluding tert-OH is 1. The fraction of sp³-hybridized carbons (Fsp3) is 0.273. The fourth-order valence-electron chi connectivity index (χ4n) is 1.58. The molecule has 17 heavy (non-hydrogen) atoms. The van der Waals surface area contributed by atoms with Gasteiger partial charge in [0.2, 0.25) is 0 Å². The maximum Gasteiger partial charge on any atom is 0.124 e. The molecule has 1 atom stereocenters. The Morgan fingerprint density at radius 3 is 2.76 bits per heavy atom. The summed E-state index contributed by atoms with van der Waals surface area (Å²) in [7, 11) is 0. The Morgan fingerprint density at radius 1 is 1.41 bits per heavy atom. The second-order valence-electron chi connectivity index (χ2n) is 3.60. The summed E-state index contributed by atoms with van der Waals surface area (Å²) in [6.45, 7) is -0.0587. The van der Waals surface area contributed by atoms with Gasteiger partial charge in [-0.2, -0.15) is 5.26 Å². The average Bonchev–Trinajstić information content (AvgIpc) is 2.69. The molecule has 0 fully saturated rings. The van der Waals surface area contributed by atoms with Crippen LogP contribution < -0.4 is 0 Å². The summed E-state index contributed by atoms with van der Waals surface area (Å²) in [4.78, 5) is 7.28. The Hall–Kier alpha value is -1.28. The van der Waals surface area contributed by atoms with Gasteiger partial charge in [-0.05, 0) is 18.6 Å². The summed E-state index contributed by atoms with van der Waals surface area (Å²) in [6, 6.07) is 5.40. The van der Waals surface area contributed by atoms with E-state index in [0.717, 1.165) is 5.52 Å². The summed E-state index contributed by atoms with van der Waals surface area (Å²) in [5.74, 6) is 0.0693. The number of rotatable bonds is 3. The van der Waals surface area contributed by atoms with Gasteiger partial charge >= 0.3 is 0 Å². The zero-order valence-corrected chi connectivity index (χ0v) is 10.3. The highest BCUT2D eigenvalue weighted by Crippen LogP contribution is 2.28. The van der Waals surface area contributed by atoms with E-state index in [4.69, 9.17) is 33.6 Å². The topological polar surface area (TPSA) is 72.7 Å². The minimum atomic E-state index is -0.454. The zero-order chi connectivity index (χ0) is 12.4. The lowest BCUT2D eigenvalue weighted by molar-refractivity contribution is 0.282. The van der Waals surface area contributed by atoms with Crippen molar-refractivity contribution < 1.29 is 5.11 Å². The maximum atomic E-state index is 8.97. The van der Waals surface area contributed by atoms with Crippen LogP contribution in [0.15, 0.2) is 12.1 Å². The molecule has 0 bridgehead atoms. The molecule has 0 aliphatic heterocycles. The second-order valence-corrected chi connectivity index (χ2v) is 4.41. The molecular formula is C11H9Cl2N3O. The van der Waals surface area contributed by atoms with E-state index >= 15 is 0 Å². The largest absolute Gasteiger partial charge is 0.396 e. The van der Waals surface area contributed by atoms with Gasteiger partial charge in [-0.15, -0.1) is 0 Å². The summed E-state index contributed by atoms with van der Waals surface area (Å²) < 4.78 is 0. The van der Waals surface area contributed by atoms with Gasteiger partial charge in [0.1, 0.15) is 11.7 Å². The highest BCUT2D eigenvalue weighted by Gasteiger charge is 2.15. The smallest absolute Gasteiger partial charge is 0.124 e. The molecule has 0 saturated carbocycles. The number of halogens is 2. The molecule has 2 rings (SSSR count). The van der Waals surface area contributed by atoms with Gasteiger partial charge in [0.25, 0.3) is 0 Å². The van der Waals surface area contributed by atoms with Gasteiger partial charge in [-0.1, -0.05) is 23.2 Å². The minimum absolute atomic E-state index is 0.0587. The lowest BCUT2D eigenvalue weighted by Crippen LogP contribution is -2.00. The molecule has 88 valence electrons. The fourth-order valence-corrected chi connectivity index (χ4v) is 1.90. The van der Waals surface area contributed by atoms with E-state index in [9.17, 15) is 0 Å². The Kier molecular flexibility index (Phi) is 3.53. The Balaban J connectivity index is 2.47. The summed E-state index contributed by atoms with van der Waals surface area (Å²) >= 11 is 11.8. The molecule has 1 aromatic carbocycles. The Bertz CT molecular complexity index is 549. The van der Waals surface area contributed by atoms with Crippen molar-refractivity contribution in [2.75, 3.05) is 6.61 Å². The van der Waals surface area contributed by atoms with Crippen LogP contribution in [-0.2, 0) is 0 Å². The molecular weight excluding hydrogens is 261 g/mol. The predicted octanol–water partition coefficient (Wildman–Crippen LogP) is 2.86. The van der Waals surface area contributed by atoms with E-state index in [2.05, 4.69) is 16.0 Å². The molecule has 6 heteroatoms. The number of imidazole rings is 1. The van der Waals surface area contributed by atoms with Crippen molar-refractivity contribution in [3.05, 3.63) is 28.0 Å². The molecule has 1 unspecified atom stereocenters. The molecule has 2 N–H and O–H groups in total. The Morgan fingerprint density at radius 2 is 2.12 bits per heavy atom. The van der Waals surface area contributed by atoms with Crippen LogP contribution in [0.1, 0.15) is 18.2 Å². The normalized spacial score (nSPS) is 12.6. The highest BCUT2D eigenvalue weighted by atomic mass is 35.5. The number of H-pyrrole nitrogens is 1. The molecule has 0 aliphatic rings. The molecule has 0 aliphatic carbocycles. The van der Waals surface area contributed by atoms with E-state index in [1.54, 1.807) is 12.1 Å². The van der Waals surface area contributed by atoms with Crippen molar-refractivity contribution in [1.29, 1.82) is 5.26 Å². The van der Waals surface area contributed by atoms with Crippen molar-refractivity contribution in [2.45, 2.75) is 12.3 Å². The zero-order valence-electron chi connectivity index (χ0n) is 8.74. The molecule has 1 heterocycles. The first-order chi connectivity index (χ1) is 8.15. The second kappa shape index (κ2) is 4.92. The number of aromatic amines is 1. The van der Waals surface area contributed by atoms with Crippen LogP contribution in [0.2, 0.25) is 10.0 Å². The minimum Gasteiger partial charge on any atom is -0.396 e. The monoisotopic (exact) mass is 269 g/mol. The van der Waals surface area contributed by atoms with Gasteiger partial charge in [-0.3, -0.25) is 0 Å². The summed E-state index contributed by atoms with van der Waals surface area (Å²) in [6.07, 6.45) is 0.345. The standard InChI is InChI=1S/C11H9Cl2N3O/c12-7-3-9-10(4-8(7)13)16-11(15-9)6(5-14)1-2-17/h3-4,6,17H,1-2H2,(H,15,16). The van der Waals surface area contributed by atoms with E-state index in [-0.39, 0.29) is 6.61 Å². The van der Waals surface area contributed by atoms with Crippen molar-refractivity contribution in [3.8, 4) is 6.07 Å². The summed E-state index contributed by atoms with van der Waals surface area (Å²) in [5.41, 5.74) is 1.39. The number of aromatic nitrogens is 2. The van der Waals surface area contributed by atoms with Crippen LogP contribution >= 0.6 is 23.2 Å². The highest BCUT2D eigenvalue weighted by molar-refractivity contribution is 6.42. The van der Waals surface area contributed by atoms with Crippen LogP contribution in [0.5, 0.6) is 0 Å². The van der Waals surface area contributed by atoms with Gasteiger partial charge in [0.15, 0.2) is 0 Å². The quantitative estimate of drug-likeness (QED) is 0.900. The first-order valence-electron chi connectivity index (χ1n) is 5.01. The predicted molar refractivity (Wildman–Crippen MR) is 66.2 cm³/mol. The van der Waals surface area contributed by atoms with Crippen molar-refractivity contribution in [2.24, 2.45) is 0 Å². The van der Waals surface area contributed by atoms with Gasteiger partial charge in [-0.25, -0.2) is 4.98 Å². The third-order valence-corrected chi connectivity index (χ3v) is 3.17. The first-order valence-corrected chi connectivity index (χ1v) is 5.76. The van der Waals surface area contributed by atoms with Crippen LogP contribution in [0.4, 0.5) is 0 Å². The lowest BCUT2D eigenvalue weighted by atomic mass is 10.1. The number of fused-ring (bicyclic) bond motifs is 1. The number of hydrogen-bond acceptors (Lipinski definition) is 3. The summed E-state index contributed by atoms with van der Waals surface area (Å²) in [5, 5.41) is 18.7. The van der Waals surface area contributed by atoms with Crippen molar-refractivity contribution >= 4 is 34.2 Å². The number of benzene rings is 1. The first kappa shape index (κ1) is 12.2. The van der Waals surface area contributed by atoms with Crippen LogP contribution in [0.3, 0.4) is 0 Å². The molecule has 0 spiro atoms. The van der Waals surface area contributed by atoms with Gasteiger partial charge in [0, 0.05) is 6.61 Å². The number of nitriles is 1. The van der Waals surface area contributed by atoms with Crippen LogP contribution in [0.25, 0.3) is 11.0 Å². The molecule has 0 radical (unpaired) electrons. The molecule has 0 saturated heterocycles. The van der Waals surface area contributed by atoms with Crippen molar-refractivity contribution in [1.82, 2.24) is 9.97 Å². The van der Waals surface area contributed by atoms with E-state index < -0.39 is 5.92 Å². The molecule has 4 nitrogen and oxygen atoms in total. The molecule has 1 aromatic heterocycles. The number of nitrogens with zero attached hydrogens (tertiary/aromatic N) is 2. The third-order valence-electron chi connectivity index (χ3n) is 2.45. The number of nitrogens with one attached hydrogen (secondary N) is 1. The average molecular weight is 270 g/mol. The van der Waals surface area contributed by atoms with Gasteiger partial charge in [0.05, 0.1) is 27.1 Å². The Labute approximate surface area is 108 Å². The SMILES string of the molecule is N#CC(CCO)c1nc2cc(Cl)c(Cl)cc2[nH]1. The maximum absolute atomic E-state index is 8.97. The van der Waals surface area contributed by atoms with E-state index in [1.807, 2.05) is 0 Å². The van der Waals surface area contributed by atoms with Crippen LogP contribution in [-0.4, -0.2) is 21.7 Å². The number of hydrogen-bond donors (Lipinski definition) is 2. The lowest BCUT2D eigenvalue weighted by Gasteiger charge is -2.01. The van der Waals surface area contributed by atoms with Crippen molar-refractivity contribution in [3.63, 3.8) is 0 Å².